The van der Waals surface area contributed by atoms with E-state index < -0.39 is 0 Å². The first-order valence-electron chi connectivity index (χ1n) is 8.69. The van der Waals surface area contributed by atoms with Crippen molar-refractivity contribution in [2.45, 2.75) is 19.9 Å². The lowest BCUT2D eigenvalue weighted by Crippen LogP contribution is -2.33. The van der Waals surface area contributed by atoms with E-state index in [1.807, 2.05) is 62.0 Å². The van der Waals surface area contributed by atoms with Crippen LogP contribution in [0.25, 0.3) is 0 Å². The van der Waals surface area contributed by atoms with E-state index in [-0.39, 0.29) is 12.1 Å². The Balaban J connectivity index is 1.61. The molecular formula is C20H25N3OS. The fourth-order valence-corrected chi connectivity index (χ4v) is 3.89. The van der Waals surface area contributed by atoms with Crippen LogP contribution in [0.3, 0.4) is 0 Å². The second-order valence-electron chi connectivity index (χ2n) is 6.33. The van der Waals surface area contributed by atoms with Gasteiger partial charge in [-0.15, -0.1) is 0 Å². The van der Waals surface area contributed by atoms with Crippen molar-refractivity contribution in [2.24, 2.45) is 0 Å². The van der Waals surface area contributed by atoms with Crippen molar-refractivity contribution in [3.05, 3.63) is 59.7 Å². The lowest BCUT2D eigenvalue weighted by Gasteiger charge is -2.29. The minimum Gasteiger partial charge on any atom is -0.370 e. The van der Waals surface area contributed by atoms with Gasteiger partial charge >= 0.3 is 6.03 Å². The number of aryl methyl sites for hydroxylation is 1. The highest BCUT2D eigenvalue weighted by Gasteiger charge is 2.14. The molecule has 0 bridgehead atoms. The molecule has 1 aliphatic rings. The highest BCUT2D eigenvalue weighted by Crippen LogP contribution is 2.25. The van der Waals surface area contributed by atoms with Crippen molar-refractivity contribution in [1.82, 2.24) is 5.32 Å². The number of urea groups is 1. The van der Waals surface area contributed by atoms with E-state index in [9.17, 15) is 4.79 Å². The molecule has 25 heavy (non-hydrogen) atoms. The summed E-state index contributed by atoms with van der Waals surface area (Å²) in [5.74, 6) is 2.36. The summed E-state index contributed by atoms with van der Waals surface area (Å²) in [7, 11) is 0. The molecule has 0 aliphatic carbocycles. The van der Waals surface area contributed by atoms with Crippen molar-refractivity contribution >= 4 is 29.2 Å². The molecule has 0 saturated carbocycles. The molecule has 3 rings (SSSR count). The van der Waals surface area contributed by atoms with Gasteiger partial charge in [0.2, 0.25) is 0 Å². The molecule has 0 aromatic heterocycles. The molecule has 1 unspecified atom stereocenters. The molecule has 2 aromatic rings. The van der Waals surface area contributed by atoms with Crippen molar-refractivity contribution < 1.29 is 4.79 Å². The van der Waals surface area contributed by atoms with Gasteiger partial charge in [-0.3, -0.25) is 0 Å². The number of rotatable bonds is 4. The van der Waals surface area contributed by atoms with E-state index in [0.717, 1.165) is 29.9 Å². The number of amides is 2. The minimum absolute atomic E-state index is 0.0355. The largest absolute Gasteiger partial charge is 0.370 e. The third-order valence-corrected chi connectivity index (χ3v) is 5.42. The van der Waals surface area contributed by atoms with Gasteiger partial charge in [-0.05, 0) is 43.2 Å². The van der Waals surface area contributed by atoms with Gasteiger partial charge in [0.25, 0.3) is 0 Å². The Morgan fingerprint density at radius 3 is 2.52 bits per heavy atom. The summed E-state index contributed by atoms with van der Waals surface area (Å²) in [6.07, 6.45) is 0. The monoisotopic (exact) mass is 355 g/mol. The zero-order valence-corrected chi connectivity index (χ0v) is 15.6. The number of benzene rings is 2. The second-order valence-corrected chi connectivity index (χ2v) is 7.55. The Hall–Kier alpha value is -2.14. The molecule has 1 saturated heterocycles. The molecule has 2 amide bonds. The first kappa shape index (κ1) is 17.7. The van der Waals surface area contributed by atoms with Gasteiger partial charge in [0.05, 0.1) is 6.04 Å². The zero-order chi connectivity index (χ0) is 17.6. The number of thioether (sulfide) groups is 1. The van der Waals surface area contributed by atoms with Gasteiger partial charge in [-0.2, -0.15) is 11.8 Å². The average molecular weight is 356 g/mol. The van der Waals surface area contributed by atoms with Crippen molar-refractivity contribution in [2.75, 3.05) is 34.8 Å². The lowest BCUT2D eigenvalue weighted by atomic mass is 10.1. The van der Waals surface area contributed by atoms with Crippen LogP contribution in [0, 0.1) is 6.92 Å². The summed E-state index contributed by atoms with van der Waals surface area (Å²) in [6.45, 7) is 6.20. The predicted octanol–water partition coefficient (Wildman–Crippen LogP) is 4.43. The van der Waals surface area contributed by atoms with Crippen LogP contribution in [-0.4, -0.2) is 30.6 Å². The first-order chi connectivity index (χ1) is 12.1. The fraction of sp³-hybridized carbons (Fsp3) is 0.350. The first-order valence-corrected chi connectivity index (χ1v) is 9.85. The summed E-state index contributed by atoms with van der Waals surface area (Å²) in [5, 5.41) is 5.95. The van der Waals surface area contributed by atoms with Crippen LogP contribution < -0.4 is 15.5 Å². The summed E-state index contributed by atoms with van der Waals surface area (Å²) in [4.78, 5) is 14.7. The highest BCUT2D eigenvalue weighted by molar-refractivity contribution is 7.99. The fourth-order valence-electron chi connectivity index (χ4n) is 2.99. The third-order valence-electron chi connectivity index (χ3n) is 4.48. The van der Waals surface area contributed by atoms with Gasteiger partial charge in [-0.25, -0.2) is 4.79 Å². The Morgan fingerprint density at radius 2 is 1.84 bits per heavy atom. The van der Waals surface area contributed by atoms with E-state index >= 15 is 0 Å². The molecular weight excluding hydrogens is 330 g/mol. The highest BCUT2D eigenvalue weighted by atomic mass is 32.2. The third kappa shape index (κ3) is 4.69. The van der Waals surface area contributed by atoms with Gasteiger partial charge in [0.15, 0.2) is 0 Å². The summed E-state index contributed by atoms with van der Waals surface area (Å²) < 4.78 is 0. The van der Waals surface area contributed by atoms with Gasteiger partial charge < -0.3 is 15.5 Å². The molecule has 1 aliphatic heterocycles. The number of carbonyl (C=O) groups excluding carboxylic acids is 1. The number of hydrogen-bond donors (Lipinski definition) is 2. The number of nitrogens with zero attached hydrogens (tertiary/aromatic N) is 1. The summed E-state index contributed by atoms with van der Waals surface area (Å²) in [6, 6.07) is 16.0. The topological polar surface area (TPSA) is 44.4 Å². The maximum Gasteiger partial charge on any atom is 0.319 e. The van der Waals surface area contributed by atoms with Crippen LogP contribution in [0.5, 0.6) is 0 Å². The minimum atomic E-state index is -0.179. The molecule has 5 heteroatoms. The molecule has 1 atom stereocenters. The molecule has 0 radical (unpaired) electrons. The van der Waals surface area contributed by atoms with Crippen LogP contribution in [-0.2, 0) is 0 Å². The van der Waals surface area contributed by atoms with E-state index in [0.29, 0.717) is 0 Å². The Morgan fingerprint density at radius 1 is 1.12 bits per heavy atom. The quantitative estimate of drug-likeness (QED) is 0.853. The zero-order valence-electron chi connectivity index (χ0n) is 14.8. The van der Waals surface area contributed by atoms with Crippen LogP contribution in [0.4, 0.5) is 16.2 Å². The molecule has 2 aromatic carbocycles. The van der Waals surface area contributed by atoms with E-state index in [4.69, 9.17) is 0 Å². The number of nitrogens with one attached hydrogen (secondary N) is 2. The summed E-state index contributed by atoms with van der Waals surface area (Å²) in [5.41, 5.74) is 4.26. The number of carbonyl (C=O) groups is 1. The molecule has 1 fully saturated rings. The average Bonchev–Trinajstić information content (AvgIpc) is 2.65. The smallest absolute Gasteiger partial charge is 0.319 e. The molecule has 1 heterocycles. The van der Waals surface area contributed by atoms with E-state index in [1.54, 1.807) is 0 Å². The maximum absolute atomic E-state index is 12.3. The van der Waals surface area contributed by atoms with Crippen LogP contribution in [0.1, 0.15) is 24.1 Å². The van der Waals surface area contributed by atoms with Crippen LogP contribution in [0.2, 0.25) is 0 Å². The Kier molecular flexibility index (Phi) is 5.87. The lowest BCUT2D eigenvalue weighted by molar-refractivity contribution is 0.249. The van der Waals surface area contributed by atoms with Crippen molar-refractivity contribution in [3.63, 3.8) is 0 Å². The number of hydrogen-bond acceptors (Lipinski definition) is 3. The molecule has 2 N–H and O–H groups in total. The van der Waals surface area contributed by atoms with Crippen LogP contribution in [0.15, 0.2) is 48.5 Å². The molecule has 0 spiro atoms. The van der Waals surface area contributed by atoms with Crippen molar-refractivity contribution in [1.29, 1.82) is 0 Å². The maximum atomic E-state index is 12.3. The van der Waals surface area contributed by atoms with Crippen LogP contribution >= 0.6 is 11.8 Å². The second kappa shape index (κ2) is 8.30. The molecule has 132 valence electrons. The normalized spacial score (nSPS) is 15.5. The van der Waals surface area contributed by atoms with E-state index in [2.05, 4.69) is 27.7 Å². The van der Waals surface area contributed by atoms with E-state index in [1.165, 1.54) is 17.2 Å². The predicted molar refractivity (Wildman–Crippen MR) is 108 cm³/mol. The van der Waals surface area contributed by atoms with Gasteiger partial charge in [0.1, 0.15) is 0 Å². The standard InChI is InChI=1S/C20H25N3OS/c1-15-14-18(23-10-12-25-13-11-23)8-9-19(15)22-20(24)21-16(2)17-6-4-3-5-7-17/h3-9,14,16H,10-13H2,1-2H3,(H2,21,22,24). The SMILES string of the molecule is Cc1cc(N2CCSCC2)ccc1NC(=O)NC(C)c1ccccc1. The summed E-state index contributed by atoms with van der Waals surface area (Å²) >= 11 is 2.01. The van der Waals surface area contributed by atoms with Crippen molar-refractivity contribution in [3.8, 4) is 0 Å². The Bertz CT molecular complexity index is 714. The van der Waals surface area contributed by atoms with Gasteiger partial charge in [-0.1, -0.05) is 30.3 Å². The van der Waals surface area contributed by atoms with Gasteiger partial charge in [0, 0.05) is 36.0 Å². The molecule has 4 nitrogen and oxygen atoms in total. The number of anilines is 2. The Labute approximate surface area is 154 Å².